The van der Waals surface area contributed by atoms with Crippen molar-refractivity contribution in [1.82, 2.24) is 0 Å². The van der Waals surface area contributed by atoms with Crippen LogP contribution in [0.5, 0.6) is 0 Å². The van der Waals surface area contributed by atoms with Gasteiger partial charge in [0.1, 0.15) is 12.0 Å². The molecule has 0 aromatic heterocycles. The fourth-order valence-electron chi connectivity index (χ4n) is 5.47. The van der Waals surface area contributed by atoms with Gasteiger partial charge < -0.3 is 9.47 Å². The van der Waals surface area contributed by atoms with Crippen molar-refractivity contribution in [3.63, 3.8) is 0 Å². The van der Waals surface area contributed by atoms with E-state index in [0.29, 0.717) is 25.0 Å². The summed E-state index contributed by atoms with van der Waals surface area (Å²) in [4.78, 5) is 24.9. The third kappa shape index (κ3) is 31.6. The molecule has 0 aliphatic carbocycles. The fourth-order valence-corrected chi connectivity index (χ4v) is 5.47. The Hall–Kier alpha value is -1.32. The Morgan fingerprint density at radius 1 is 0.381 bits per heavy atom. The molecule has 0 unspecified atom stereocenters. The topological polar surface area (TPSA) is 52.6 Å². The molecule has 0 bridgehead atoms. The number of hydrogen-bond donors (Lipinski definition) is 0. The van der Waals surface area contributed by atoms with E-state index in [9.17, 15) is 9.59 Å². The summed E-state index contributed by atoms with van der Waals surface area (Å²) in [5.41, 5.74) is 0. The minimum Gasteiger partial charge on any atom is -0.431 e. The quantitative estimate of drug-likeness (QED) is 0.0432. The molecule has 248 valence electrons. The van der Waals surface area contributed by atoms with E-state index in [1.165, 1.54) is 148 Å². The first kappa shape index (κ1) is 40.7. The molecule has 0 saturated heterocycles. The summed E-state index contributed by atoms with van der Waals surface area (Å²) in [5, 5.41) is 0. The standard InChI is InChI=1S/C38H72O4/c1-4-7-10-13-16-19-22-23-26-29-32-36(42-38(40)34-31-28-25-21-18-15-12-9-6-3)35-41-37(39)33-30-27-24-20-17-14-11-8-5-2/h35H,4-34H2,1-3H3. The van der Waals surface area contributed by atoms with Gasteiger partial charge in [0.2, 0.25) is 0 Å². The maximum Gasteiger partial charge on any atom is 0.310 e. The number of hydrogen-bond acceptors (Lipinski definition) is 4. The molecule has 0 saturated carbocycles. The fraction of sp³-hybridized carbons (Fsp3) is 0.895. The van der Waals surface area contributed by atoms with Crippen LogP contribution in [0.4, 0.5) is 0 Å². The second-order valence-corrected chi connectivity index (χ2v) is 12.6. The number of unbranched alkanes of at least 4 members (excludes halogenated alkanes) is 25. The number of allylic oxidation sites excluding steroid dienone is 1. The summed E-state index contributed by atoms with van der Waals surface area (Å²) < 4.78 is 11.1. The van der Waals surface area contributed by atoms with Gasteiger partial charge in [-0.05, 0) is 19.3 Å². The first-order valence-corrected chi connectivity index (χ1v) is 18.7. The lowest BCUT2D eigenvalue weighted by Gasteiger charge is -2.10. The number of rotatable bonds is 33. The average molecular weight is 593 g/mol. The van der Waals surface area contributed by atoms with Gasteiger partial charge in [0.15, 0.2) is 0 Å². The van der Waals surface area contributed by atoms with Crippen molar-refractivity contribution in [2.24, 2.45) is 0 Å². The maximum absolute atomic E-state index is 12.5. The molecular formula is C38H72O4. The Morgan fingerprint density at radius 2 is 0.667 bits per heavy atom. The van der Waals surface area contributed by atoms with Crippen LogP contribution in [0.25, 0.3) is 0 Å². The van der Waals surface area contributed by atoms with E-state index in [4.69, 9.17) is 9.47 Å². The minimum absolute atomic E-state index is 0.189. The molecule has 0 aromatic carbocycles. The van der Waals surface area contributed by atoms with Gasteiger partial charge in [-0.25, -0.2) is 0 Å². The van der Waals surface area contributed by atoms with Crippen LogP contribution in [-0.4, -0.2) is 11.9 Å². The van der Waals surface area contributed by atoms with Crippen LogP contribution in [0.1, 0.15) is 220 Å². The number of carbonyl (C=O) groups excluding carboxylic acids is 2. The predicted molar refractivity (Wildman–Crippen MR) is 180 cm³/mol. The van der Waals surface area contributed by atoms with Crippen LogP contribution in [0.3, 0.4) is 0 Å². The highest BCUT2D eigenvalue weighted by Gasteiger charge is 2.10. The Morgan fingerprint density at radius 3 is 1.02 bits per heavy atom. The molecule has 4 heteroatoms. The SMILES string of the molecule is CCCCCCCCCCCCC(=COC(=O)CCCCCCCCCCC)OC(=O)CCCCCCCCCCC. The van der Waals surface area contributed by atoms with Crippen LogP contribution >= 0.6 is 0 Å². The summed E-state index contributed by atoms with van der Waals surface area (Å²) >= 11 is 0. The Balaban J connectivity index is 4.30. The van der Waals surface area contributed by atoms with Crippen molar-refractivity contribution < 1.29 is 19.1 Å². The summed E-state index contributed by atoms with van der Waals surface area (Å²) in [5.74, 6) is 0.121. The summed E-state index contributed by atoms with van der Waals surface area (Å²) in [6.45, 7) is 6.76. The minimum atomic E-state index is -0.214. The third-order valence-corrected chi connectivity index (χ3v) is 8.31. The van der Waals surface area contributed by atoms with Gasteiger partial charge in [0.05, 0.1) is 0 Å². The molecule has 0 rings (SSSR count). The van der Waals surface area contributed by atoms with Gasteiger partial charge in [-0.3, -0.25) is 9.59 Å². The normalized spacial score (nSPS) is 11.6. The van der Waals surface area contributed by atoms with Gasteiger partial charge in [0, 0.05) is 19.3 Å². The van der Waals surface area contributed by atoms with Crippen molar-refractivity contribution in [2.75, 3.05) is 0 Å². The second-order valence-electron chi connectivity index (χ2n) is 12.6. The van der Waals surface area contributed by atoms with Gasteiger partial charge in [0.25, 0.3) is 0 Å². The van der Waals surface area contributed by atoms with Crippen LogP contribution in [0.15, 0.2) is 12.0 Å². The first-order valence-electron chi connectivity index (χ1n) is 18.7. The van der Waals surface area contributed by atoms with Gasteiger partial charge in [-0.15, -0.1) is 0 Å². The van der Waals surface area contributed by atoms with Crippen molar-refractivity contribution in [3.05, 3.63) is 12.0 Å². The van der Waals surface area contributed by atoms with Gasteiger partial charge in [-0.2, -0.15) is 0 Å². The lowest BCUT2D eigenvalue weighted by atomic mass is 10.1. The highest BCUT2D eigenvalue weighted by atomic mass is 16.6. The predicted octanol–water partition coefficient (Wildman–Crippen LogP) is 13.1. The zero-order valence-corrected chi connectivity index (χ0v) is 28.6. The monoisotopic (exact) mass is 593 g/mol. The highest BCUT2D eigenvalue weighted by molar-refractivity contribution is 5.71. The smallest absolute Gasteiger partial charge is 0.310 e. The van der Waals surface area contributed by atoms with E-state index in [1.807, 2.05) is 0 Å². The Kier molecular flexibility index (Phi) is 33.1. The van der Waals surface area contributed by atoms with E-state index < -0.39 is 0 Å². The molecule has 0 amide bonds. The summed E-state index contributed by atoms with van der Waals surface area (Å²) in [7, 11) is 0. The lowest BCUT2D eigenvalue weighted by molar-refractivity contribution is -0.142. The molecule has 0 spiro atoms. The van der Waals surface area contributed by atoms with E-state index in [-0.39, 0.29) is 11.9 Å². The molecule has 0 radical (unpaired) electrons. The van der Waals surface area contributed by atoms with Crippen molar-refractivity contribution >= 4 is 11.9 Å². The van der Waals surface area contributed by atoms with Crippen LogP contribution in [0.2, 0.25) is 0 Å². The zero-order chi connectivity index (χ0) is 30.8. The van der Waals surface area contributed by atoms with E-state index >= 15 is 0 Å². The summed E-state index contributed by atoms with van der Waals surface area (Å²) in [6, 6.07) is 0. The molecule has 0 fully saturated rings. The molecular weight excluding hydrogens is 520 g/mol. The first-order chi connectivity index (χ1) is 20.6. The van der Waals surface area contributed by atoms with E-state index in [1.54, 1.807) is 0 Å². The largest absolute Gasteiger partial charge is 0.431 e. The van der Waals surface area contributed by atoms with Crippen LogP contribution in [0, 0.1) is 0 Å². The van der Waals surface area contributed by atoms with E-state index in [0.717, 1.165) is 38.5 Å². The Labute approximate surface area is 262 Å². The van der Waals surface area contributed by atoms with Crippen LogP contribution < -0.4 is 0 Å². The Bertz CT molecular complexity index is 612. The molecule has 4 nitrogen and oxygen atoms in total. The zero-order valence-electron chi connectivity index (χ0n) is 28.6. The van der Waals surface area contributed by atoms with Crippen molar-refractivity contribution in [1.29, 1.82) is 0 Å². The van der Waals surface area contributed by atoms with Gasteiger partial charge >= 0.3 is 11.9 Å². The van der Waals surface area contributed by atoms with Crippen molar-refractivity contribution in [2.45, 2.75) is 220 Å². The summed E-state index contributed by atoms with van der Waals surface area (Å²) in [6.07, 6.45) is 37.6. The average Bonchev–Trinajstić information content (AvgIpc) is 2.99. The lowest BCUT2D eigenvalue weighted by Crippen LogP contribution is -2.07. The van der Waals surface area contributed by atoms with Gasteiger partial charge in [-0.1, -0.05) is 181 Å². The van der Waals surface area contributed by atoms with E-state index in [2.05, 4.69) is 20.8 Å². The molecule has 0 aromatic rings. The molecule has 42 heavy (non-hydrogen) atoms. The number of ether oxygens (including phenoxy) is 2. The second kappa shape index (κ2) is 34.2. The molecule has 0 aliphatic heterocycles. The molecule has 0 aliphatic rings. The molecule has 0 atom stereocenters. The van der Waals surface area contributed by atoms with Crippen molar-refractivity contribution in [3.8, 4) is 0 Å². The number of carbonyl (C=O) groups is 2. The number of esters is 2. The third-order valence-electron chi connectivity index (χ3n) is 8.31. The van der Waals surface area contributed by atoms with Crippen LogP contribution in [-0.2, 0) is 19.1 Å². The molecule has 0 N–H and O–H groups in total. The highest BCUT2D eigenvalue weighted by Crippen LogP contribution is 2.17. The molecule has 0 heterocycles. The maximum atomic E-state index is 12.5.